The average molecular weight is 469 g/mol. The number of amides is 1. The van der Waals surface area contributed by atoms with Gasteiger partial charge in [-0.2, -0.15) is 0 Å². The van der Waals surface area contributed by atoms with E-state index in [9.17, 15) is 17.6 Å². The van der Waals surface area contributed by atoms with Crippen molar-refractivity contribution in [3.05, 3.63) is 48.6 Å². The lowest BCUT2D eigenvalue weighted by molar-refractivity contribution is -0.130. The molecule has 0 spiro atoms. The number of carbonyl (C=O) groups excluding carboxylic acids is 1. The summed E-state index contributed by atoms with van der Waals surface area (Å²) in [6, 6.07) is 5.78. The molecule has 0 N–H and O–H groups in total. The Hall–Kier alpha value is -2.40. The Morgan fingerprint density at radius 2 is 2.19 bits per heavy atom. The molecule has 0 unspecified atom stereocenters. The molecule has 0 bridgehead atoms. The number of allylic oxidation sites excluding steroid dienone is 1. The molecule has 2 aromatic rings. The molecule has 1 aromatic carbocycles. The summed E-state index contributed by atoms with van der Waals surface area (Å²) in [4.78, 5) is 14.3. The highest BCUT2D eigenvalue weighted by Gasteiger charge is 2.34. The summed E-state index contributed by atoms with van der Waals surface area (Å²) in [5.74, 6) is 0.0432. The van der Waals surface area contributed by atoms with Gasteiger partial charge in [-0.3, -0.25) is 9.36 Å². The number of rotatable bonds is 9. The number of benzene rings is 1. The van der Waals surface area contributed by atoms with Crippen LogP contribution in [-0.4, -0.2) is 63.8 Å². The zero-order valence-electron chi connectivity index (χ0n) is 17.4. The minimum atomic E-state index is -3.08. The molecule has 11 heteroatoms. The Balaban J connectivity index is 1.68. The molecule has 0 radical (unpaired) electrons. The molecule has 0 saturated carbocycles. The van der Waals surface area contributed by atoms with Gasteiger partial charge in [-0.25, -0.2) is 12.8 Å². The zero-order valence-corrected chi connectivity index (χ0v) is 19.0. The van der Waals surface area contributed by atoms with E-state index in [1.54, 1.807) is 36.7 Å². The molecule has 31 heavy (non-hydrogen) atoms. The minimum absolute atomic E-state index is 0.00317. The van der Waals surface area contributed by atoms with E-state index in [-0.39, 0.29) is 35.8 Å². The Bertz CT molecular complexity index is 1060. The molecule has 1 aromatic heterocycles. The van der Waals surface area contributed by atoms with Gasteiger partial charge in [0.1, 0.15) is 6.61 Å². The van der Waals surface area contributed by atoms with Crippen LogP contribution in [0.3, 0.4) is 0 Å². The first-order valence-electron chi connectivity index (χ1n) is 9.76. The van der Waals surface area contributed by atoms with Gasteiger partial charge in [0.05, 0.1) is 16.8 Å². The third kappa shape index (κ3) is 5.65. The highest BCUT2D eigenvalue weighted by Crippen LogP contribution is 2.26. The fraction of sp³-hybridized carbons (Fsp3) is 0.450. The number of para-hydroxylation sites is 1. The van der Waals surface area contributed by atoms with Crippen LogP contribution in [0.2, 0.25) is 0 Å². The van der Waals surface area contributed by atoms with Gasteiger partial charge in [-0.1, -0.05) is 30.0 Å². The topological polar surface area (TPSA) is 94.4 Å². The van der Waals surface area contributed by atoms with Crippen molar-refractivity contribution in [3.8, 4) is 5.75 Å². The number of hydrogen-bond donors (Lipinski definition) is 0. The second-order valence-corrected chi connectivity index (χ2v) is 10.8. The quantitative estimate of drug-likeness (QED) is 0.412. The van der Waals surface area contributed by atoms with Crippen molar-refractivity contribution >= 4 is 27.5 Å². The standard InChI is InChI=1S/C20H25FN4O4S2/c1-4-10-25-18(12-29-17-8-6-5-7-16(17)21)22-23-20(25)30-14(2)19(26)24(3)15-9-11-31(27,28)13-15/h4-8,14-15H,1,9-13H2,2-3H3/t14-,15+/m1/s1. The van der Waals surface area contributed by atoms with Gasteiger partial charge >= 0.3 is 0 Å². The second-order valence-electron chi connectivity index (χ2n) is 7.28. The number of halogens is 1. The van der Waals surface area contributed by atoms with E-state index >= 15 is 0 Å². The predicted molar refractivity (Wildman–Crippen MR) is 116 cm³/mol. The van der Waals surface area contributed by atoms with Gasteiger partial charge < -0.3 is 9.64 Å². The van der Waals surface area contributed by atoms with Gasteiger partial charge in [0.2, 0.25) is 5.91 Å². The van der Waals surface area contributed by atoms with Crippen LogP contribution < -0.4 is 4.74 Å². The van der Waals surface area contributed by atoms with Gasteiger partial charge in [-0.05, 0) is 25.5 Å². The van der Waals surface area contributed by atoms with Gasteiger partial charge in [0.15, 0.2) is 32.4 Å². The molecule has 1 aliphatic rings. The predicted octanol–water partition coefficient (Wildman–Crippen LogP) is 2.31. The fourth-order valence-corrected chi connectivity index (χ4v) is 6.04. The zero-order chi connectivity index (χ0) is 22.6. The van der Waals surface area contributed by atoms with E-state index in [1.165, 1.54) is 28.8 Å². The maximum Gasteiger partial charge on any atom is 0.235 e. The largest absolute Gasteiger partial charge is 0.483 e. The number of carbonyl (C=O) groups is 1. The summed E-state index contributed by atoms with van der Waals surface area (Å²) in [5.41, 5.74) is 0. The normalized spacial score (nSPS) is 18.5. The Morgan fingerprint density at radius 1 is 1.45 bits per heavy atom. The number of ether oxygens (including phenoxy) is 1. The smallest absolute Gasteiger partial charge is 0.235 e. The summed E-state index contributed by atoms with van der Waals surface area (Å²) < 4.78 is 44.5. The van der Waals surface area contributed by atoms with Crippen molar-refractivity contribution in [1.82, 2.24) is 19.7 Å². The van der Waals surface area contributed by atoms with Gasteiger partial charge in [0, 0.05) is 19.6 Å². The molecule has 1 aliphatic heterocycles. The molecule has 0 aliphatic carbocycles. The molecule has 1 saturated heterocycles. The van der Waals surface area contributed by atoms with Crippen molar-refractivity contribution < 1.29 is 22.3 Å². The van der Waals surface area contributed by atoms with Crippen molar-refractivity contribution in [2.45, 2.75) is 42.9 Å². The van der Waals surface area contributed by atoms with Crippen LogP contribution in [0.4, 0.5) is 4.39 Å². The van der Waals surface area contributed by atoms with Crippen molar-refractivity contribution in [2.75, 3.05) is 18.6 Å². The molecule has 168 valence electrons. The monoisotopic (exact) mass is 468 g/mol. The molecule has 2 heterocycles. The first-order valence-corrected chi connectivity index (χ1v) is 12.5. The summed E-state index contributed by atoms with van der Waals surface area (Å²) in [6.07, 6.45) is 2.12. The molecule has 2 atom stereocenters. The maximum atomic E-state index is 13.8. The lowest BCUT2D eigenvalue weighted by Crippen LogP contribution is -2.41. The van der Waals surface area contributed by atoms with E-state index in [1.807, 2.05) is 0 Å². The van der Waals surface area contributed by atoms with Crippen LogP contribution in [0, 0.1) is 5.82 Å². The fourth-order valence-electron chi connectivity index (χ4n) is 3.29. The molecular formula is C20H25FN4O4S2. The van der Waals surface area contributed by atoms with Gasteiger partial charge in [0.25, 0.3) is 0 Å². The first kappa shape index (κ1) is 23.3. The van der Waals surface area contributed by atoms with Crippen molar-refractivity contribution in [3.63, 3.8) is 0 Å². The Kier molecular flexibility index (Phi) is 7.37. The van der Waals surface area contributed by atoms with Crippen LogP contribution in [0.15, 0.2) is 42.1 Å². The summed E-state index contributed by atoms with van der Waals surface area (Å²) in [7, 11) is -1.45. The number of aromatic nitrogens is 3. The average Bonchev–Trinajstić information content (AvgIpc) is 3.29. The molecule has 1 amide bonds. The molecular weight excluding hydrogens is 443 g/mol. The van der Waals surface area contributed by atoms with Crippen LogP contribution in [0.5, 0.6) is 5.75 Å². The van der Waals surface area contributed by atoms with E-state index in [2.05, 4.69) is 16.8 Å². The maximum absolute atomic E-state index is 13.8. The highest BCUT2D eigenvalue weighted by atomic mass is 32.2. The van der Waals surface area contributed by atoms with E-state index in [0.29, 0.717) is 23.9 Å². The third-order valence-electron chi connectivity index (χ3n) is 5.03. The van der Waals surface area contributed by atoms with Crippen LogP contribution in [0.25, 0.3) is 0 Å². The molecule has 8 nitrogen and oxygen atoms in total. The lowest BCUT2D eigenvalue weighted by Gasteiger charge is -2.26. The van der Waals surface area contributed by atoms with Crippen molar-refractivity contribution in [1.29, 1.82) is 0 Å². The number of nitrogens with zero attached hydrogens (tertiary/aromatic N) is 4. The number of sulfone groups is 1. The van der Waals surface area contributed by atoms with E-state index in [0.717, 1.165) is 0 Å². The summed E-state index contributed by atoms with van der Waals surface area (Å²) >= 11 is 1.22. The second kappa shape index (κ2) is 9.82. The van der Waals surface area contributed by atoms with Crippen LogP contribution in [-0.2, 0) is 27.8 Å². The lowest BCUT2D eigenvalue weighted by atomic mass is 10.2. The van der Waals surface area contributed by atoms with E-state index in [4.69, 9.17) is 4.74 Å². The molecule has 1 fully saturated rings. The van der Waals surface area contributed by atoms with Crippen LogP contribution >= 0.6 is 11.8 Å². The minimum Gasteiger partial charge on any atom is -0.483 e. The van der Waals surface area contributed by atoms with Gasteiger partial charge in [-0.15, -0.1) is 16.8 Å². The number of hydrogen-bond acceptors (Lipinski definition) is 7. The highest BCUT2D eigenvalue weighted by molar-refractivity contribution is 8.00. The SMILES string of the molecule is C=CCn1c(COc2ccccc2F)nnc1S[C@H](C)C(=O)N(C)[C@H]1CCS(=O)(=O)C1. The Morgan fingerprint density at radius 3 is 2.84 bits per heavy atom. The third-order valence-corrected chi connectivity index (χ3v) is 7.85. The summed E-state index contributed by atoms with van der Waals surface area (Å²) in [6.45, 7) is 5.88. The van der Waals surface area contributed by atoms with E-state index < -0.39 is 20.9 Å². The number of thioether (sulfide) groups is 1. The molecule has 3 rings (SSSR count). The first-order chi connectivity index (χ1) is 14.7. The Labute approximate surface area is 185 Å². The summed E-state index contributed by atoms with van der Waals surface area (Å²) in [5, 5.41) is 8.29. The van der Waals surface area contributed by atoms with Crippen molar-refractivity contribution in [2.24, 2.45) is 0 Å². The van der Waals surface area contributed by atoms with Crippen LogP contribution in [0.1, 0.15) is 19.2 Å².